The van der Waals surface area contributed by atoms with Crippen molar-refractivity contribution in [1.29, 1.82) is 10.5 Å². The first-order valence-electron chi connectivity index (χ1n) is 6.78. The van der Waals surface area contributed by atoms with Crippen LogP contribution in [0.2, 0.25) is 0 Å². The Balaban J connectivity index is 2.77. The molecule has 1 aromatic carbocycles. The quantitative estimate of drug-likeness (QED) is 0.860. The Labute approximate surface area is 128 Å². The zero-order chi connectivity index (χ0) is 16.5. The highest BCUT2D eigenvalue weighted by Crippen LogP contribution is 2.44. The van der Waals surface area contributed by atoms with E-state index >= 15 is 0 Å². The van der Waals surface area contributed by atoms with Gasteiger partial charge in [-0.3, -0.25) is 0 Å². The van der Waals surface area contributed by atoms with Crippen LogP contribution in [0.3, 0.4) is 0 Å². The lowest BCUT2D eigenvalue weighted by Gasteiger charge is -2.32. The Morgan fingerprint density at radius 2 is 1.73 bits per heavy atom. The minimum Gasteiger partial charge on any atom is -0.443 e. The fraction of sp³-hybridized carbons (Fsp3) is 0.294. The maximum Gasteiger partial charge on any atom is 0.205 e. The van der Waals surface area contributed by atoms with Crippen molar-refractivity contribution in [2.75, 3.05) is 0 Å². The Hall–Kier alpha value is -2.79. The van der Waals surface area contributed by atoms with Crippen molar-refractivity contribution in [2.45, 2.75) is 26.7 Å². The summed E-state index contributed by atoms with van der Waals surface area (Å²) >= 11 is 0. The fourth-order valence-corrected chi connectivity index (χ4v) is 2.45. The minimum atomic E-state index is -0.848. The second kappa shape index (κ2) is 5.54. The number of nitriles is 2. The summed E-state index contributed by atoms with van der Waals surface area (Å²) in [7, 11) is 0. The van der Waals surface area contributed by atoms with Gasteiger partial charge in [0.15, 0.2) is 0 Å². The first-order chi connectivity index (χ1) is 10.3. The number of nitrogens with zero attached hydrogens (tertiary/aromatic N) is 2. The normalized spacial score (nSPS) is 18.5. The third-order valence-electron chi connectivity index (χ3n) is 3.44. The van der Waals surface area contributed by atoms with Crippen molar-refractivity contribution < 1.29 is 9.13 Å². The van der Waals surface area contributed by atoms with Crippen LogP contribution in [0.5, 0.6) is 0 Å². The molecule has 0 radical (unpaired) electrons. The molecule has 0 saturated heterocycles. The number of halogens is 1. The van der Waals surface area contributed by atoms with Gasteiger partial charge in [0, 0.05) is 11.0 Å². The van der Waals surface area contributed by atoms with E-state index in [0.29, 0.717) is 5.76 Å². The molecule has 0 fully saturated rings. The molecule has 1 aliphatic rings. The molecule has 1 aromatic rings. The Kier molecular flexibility index (Phi) is 3.93. The maximum absolute atomic E-state index is 14.2. The molecule has 2 N–H and O–H groups in total. The molecule has 5 heteroatoms. The lowest BCUT2D eigenvalue weighted by atomic mass is 9.78. The van der Waals surface area contributed by atoms with Crippen molar-refractivity contribution in [3.8, 4) is 12.1 Å². The van der Waals surface area contributed by atoms with Gasteiger partial charge < -0.3 is 10.5 Å². The summed E-state index contributed by atoms with van der Waals surface area (Å²) in [6.45, 7) is 5.59. The molecule has 1 atom stereocenters. The van der Waals surface area contributed by atoms with Crippen molar-refractivity contribution in [3.05, 3.63) is 58.4 Å². The van der Waals surface area contributed by atoms with Gasteiger partial charge in [-0.25, -0.2) is 4.39 Å². The number of hydrogen-bond acceptors (Lipinski definition) is 4. The molecular weight excluding hydrogens is 281 g/mol. The summed E-state index contributed by atoms with van der Waals surface area (Å²) < 4.78 is 19.7. The van der Waals surface area contributed by atoms with Crippen molar-refractivity contribution in [2.24, 2.45) is 11.1 Å². The van der Waals surface area contributed by atoms with E-state index < -0.39 is 17.2 Å². The zero-order valence-electron chi connectivity index (χ0n) is 12.6. The molecule has 112 valence electrons. The van der Waals surface area contributed by atoms with Gasteiger partial charge in [0.2, 0.25) is 5.88 Å². The average Bonchev–Trinajstić information content (AvgIpc) is 2.45. The van der Waals surface area contributed by atoms with Gasteiger partial charge in [-0.2, -0.15) is 10.5 Å². The summed E-state index contributed by atoms with van der Waals surface area (Å²) in [5, 5.41) is 18.9. The fourth-order valence-electron chi connectivity index (χ4n) is 2.45. The van der Waals surface area contributed by atoms with E-state index in [1.54, 1.807) is 18.2 Å². The zero-order valence-corrected chi connectivity index (χ0v) is 12.6. The molecule has 0 spiro atoms. The highest BCUT2D eigenvalue weighted by molar-refractivity contribution is 5.54. The highest BCUT2D eigenvalue weighted by Gasteiger charge is 2.38. The van der Waals surface area contributed by atoms with Crippen LogP contribution in [0.25, 0.3) is 0 Å². The van der Waals surface area contributed by atoms with Crippen LogP contribution >= 0.6 is 0 Å². The van der Waals surface area contributed by atoms with E-state index in [4.69, 9.17) is 10.5 Å². The number of hydrogen-bond donors (Lipinski definition) is 1. The first-order valence-corrected chi connectivity index (χ1v) is 6.78. The molecule has 4 nitrogen and oxygen atoms in total. The molecule has 0 aliphatic carbocycles. The van der Waals surface area contributed by atoms with Gasteiger partial charge in [0.1, 0.15) is 23.2 Å². The summed E-state index contributed by atoms with van der Waals surface area (Å²) in [5.41, 5.74) is 5.84. The molecule has 0 amide bonds. The molecule has 1 aliphatic heterocycles. The molecule has 0 aromatic heterocycles. The van der Waals surface area contributed by atoms with Crippen LogP contribution in [0.1, 0.15) is 32.3 Å². The van der Waals surface area contributed by atoms with Crippen LogP contribution in [-0.4, -0.2) is 0 Å². The van der Waals surface area contributed by atoms with Crippen LogP contribution in [0, 0.1) is 33.9 Å². The topological polar surface area (TPSA) is 82.8 Å². The van der Waals surface area contributed by atoms with Crippen LogP contribution in [-0.2, 0) is 4.74 Å². The Morgan fingerprint density at radius 1 is 1.14 bits per heavy atom. The lowest BCUT2D eigenvalue weighted by Crippen LogP contribution is -2.26. The number of nitrogens with two attached hydrogens (primary N) is 1. The highest BCUT2D eigenvalue weighted by atomic mass is 19.1. The third-order valence-corrected chi connectivity index (χ3v) is 3.44. The predicted molar refractivity (Wildman–Crippen MR) is 79.1 cm³/mol. The van der Waals surface area contributed by atoms with Crippen molar-refractivity contribution in [1.82, 2.24) is 0 Å². The van der Waals surface area contributed by atoms with Crippen LogP contribution < -0.4 is 5.73 Å². The van der Waals surface area contributed by atoms with Gasteiger partial charge >= 0.3 is 0 Å². The summed E-state index contributed by atoms with van der Waals surface area (Å²) in [4.78, 5) is 0. The van der Waals surface area contributed by atoms with E-state index in [1.165, 1.54) is 6.07 Å². The first kappa shape index (κ1) is 15.6. The smallest absolute Gasteiger partial charge is 0.205 e. The molecular formula is C17H16FN3O. The Bertz CT molecular complexity index is 757. The molecule has 1 unspecified atom stereocenters. The van der Waals surface area contributed by atoms with Gasteiger partial charge in [-0.05, 0) is 6.07 Å². The van der Waals surface area contributed by atoms with Crippen LogP contribution in [0.15, 0.2) is 47.1 Å². The molecule has 22 heavy (non-hydrogen) atoms. The lowest BCUT2D eigenvalue weighted by molar-refractivity contribution is 0.199. The summed E-state index contributed by atoms with van der Waals surface area (Å²) in [6, 6.07) is 10.1. The maximum atomic E-state index is 14.2. The summed E-state index contributed by atoms with van der Waals surface area (Å²) in [5.74, 6) is -1.06. The molecule has 0 bridgehead atoms. The average molecular weight is 297 g/mol. The molecule has 1 heterocycles. The Morgan fingerprint density at radius 3 is 2.23 bits per heavy atom. The number of allylic oxidation sites excluding steroid dienone is 3. The van der Waals surface area contributed by atoms with Crippen molar-refractivity contribution >= 4 is 0 Å². The largest absolute Gasteiger partial charge is 0.443 e. The van der Waals surface area contributed by atoms with Crippen molar-refractivity contribution in [3.63, 3.8) is 0 Å². The SMILES string of the molecule is CC(C)(C)C1=C(C#N)C(c2ccccc2F)C(C#N)=C(N)O1. The second-order valence-electron chi connectivity index (χ2n) is 6.05. The van der Waals surface area contributed by atoms with E-state index in [-0.39, 0.29) is 22.6 Å². The number of benzene rings is 1. The number of rotatable bonds is 1. The van der Waals surface area contributed by atoms with E-state index in [1.807, 2.05) is 26.8 Å². The van der Waals surface area contributed by atoms with Gasteiger partial charge in [0.05, 0.1) is 17.6 Å². The van der Waals surface area contributed by atoms with E-state index in [2.05, 4.69) is 6.07 Å². The van der Waals surface area contributed by atoms with Gasteiger partial charge in [0.25, 0.3) is 0 Å². The summed E-state index contributed by atoms with van der Waals surface area (Å²) in [6.07, 6.45) is 0. The van der Waals surface area contributed by atoms with Gasteiger partial charge in [-0.1, -0.05) is 39.0 Å². The van der Waals surface area contributed by atoms with Gasteiger partial charge in [-0.15, -0.1) is 0 Å². The second-order valence-corrected chi connectivity index (χ2v) is 6.05. The van der Waals surface area contributed by atoms with E-state index in [0.717, 1.165) is 0 Å². The molecule has 2 rings (SSSR count). The third kappa shape index (κ3) is 2.54. The monoisotopic (exact) mass is 297 g/mol. The molecule has 0 saturated carbocycles. The minimum absolute atomic E-state index is 0.0506. The predicted octanol–water partition coefficient (Wildman–Crippen LogP) is 3.46. The number of ether oxygens (including phenoxy) is 1. The van der Waals surface area contributed by atoms with Crippen LogP contribution in [0.4, 0.5) is 4.39 Å². The van der Waals surface area contributed by atoms with E-state index in [9.17, 15) is 14.9 Å². The standard InChI is InChI=1S/C17H16FN3O/c1-17(2,3)15-11(8-19)14(12(9-20)16(21)22-15)10-6-4-5-7-13(10)18/h4-7,14H,21H2,1-3H3.